The van der Waals surface area contributed by atoms with E-state index in [1.165, 1.54) is 0 Å². The van der Waals surface area contributed by atoms with E-state index in [0.29, 0.717) is 5.82 Å². The lowest BCUT2D eigenvalue weighted by Crippen LogP contribution is -2.13. The summed E-state index contributed by atoms with van der Waals surface area (Å²) >= 11 is 0. The predicted molar refractivity (Wildman–Crippen MR) is 85.2 cm³/mol. The lowest BCUT2D eigenvalue weighted by molar-refractivity contribution is 0.601. The molecule has 0 saturated heterocycles. The summed E-state index contributed by atoms with van der Waals surface area (Å²) in [6.45, 7) is 0. The SMILES string of the molecule is O=S(=O)(Nc1cc2ccccc2[nH]1)c1ccc2[nH]ncc2c1. The first-order chi connectivity index (χ1) is 10.6. The Labute approximate surface area is 126 Å². The van der Waals surface area contributed by atoms with Crippen LogP contribution in [0.25, 0.3) is 21.8 Å². The first-order valence-electron chi connectivity index (χ1n) is 6.65. The molecule has 0 fully saturated rings. The van der Waals surface area contributed by atoms with Crippen LogP contribution in [0.5, 0.6) is 0 Å². The minimum Gasteiger partial charge on any atom is -0.341 e. The Balaban J connectivity index is 1.73. The van der Waals surface area contributed by atoms with Crippen molar-refractivity contribution in [3.8, 4) is 0 Å². The highest BCUT2D eigenvalue weighted by Gasteiger charge is 2.16. The Kier molecular flexibility index (Phi) is 2.70. The van der Waals surface area contributed by atoms with Gasteiger partial charge in [-0.2, -0.15) is 5.10 Å². The van der Waals surface area contributed by atoms with Crippen LogP contribution in [0.1, 0.15) is 0 Å². The third kappa shape index (κ3) is 2.11. The molecule has 3 N–H and O–H groups in total. The molecule has 0 aliphatic rings. The first-order valence-corrected chi connectivity index (χ1v) is 8.14. The van der Waals surface area contributed by atoms with Crippen LogP contribution >= 0.6 is 0 Å². The standard InChI is InChI=1S/C15H12N4O2S/c20-22(21,12-5-6-14-11(7-12)9-16-18-14)19-15-8-10-3-1-2-4-13(10)17-15/h1-9,17,19H,(H,16,18). The fourth-order valence-corrected chi connectivity index (χ4v) is 3.47. The van der Waals surface area contributed by atoms with Crippen LogP contribution < -0.4 is 4.72 Å². The molecule has 6 nitrogen and oxygen atoms in total. The Morgan fingerprint density at radius 2 is 1.82 bits per heavy atom. The second kappa shape index (κ2) is 4.60. The molecule has 0 spiro atoms. The van der Waals surface area contributed by atoms with Gasteiger partial charge >= 0.3 is 0 Å². The Bertz CT molecular complexity index is 1050. The number of fused-ring (bicyclic) bond motifs is 2. The van der Waals surface area contributed by atoms with Gasteiger partial charge < -0.3 is 4.98 Å². The van der Waals surface area contributed by atoms with E-state index in [9.17, 15) is 8.42 Å². The molecule has 110 valence electrons. The van der Waals surface area contributed by atoms with Gasteiger partial charge in [-0.3, -0.25) is 9.82 Å². The Morgan fingerprint density at radius 3 is 2.68 bits per heavy atom. The van der Waals surface area contributed by atoms with Gasteiger partial charge in [0.25, 0.3) is 10.0 Å². The summed E-state index contributed by atoms with van der Waals surface area (Å²) in [6, 6.07) is 14.2. The minimum absolute atomic E-state index is 0.194. The zero-order chi connectivity index (χ0) is 15.2. The Hall–Kier alpha value is -2.80. The van der Waals surface area contributed by atoms with Gasteiger partial charge in [-0.05, 0) is 30.3 Å². The number of para-hydroxylation sites is 1. The van der Waals surface area contributed by atoms with E-state index in [2.05, 4.69) is 19.9 Å². The second-order valence-corrected chi connectivity index (χ2v) is 6.68. The fraction of sp³-hybridized carbons (Fsp3) is 0. The summed E-state index contributed by atoms with van der Waals surface area (Å²) in [5.41, 5.74) is 1.68. The van der Waals surface area contributed by atoms with Crippen molar-refractivity contribution in [3.63, 3.8) is 0 Å². The summed E-state index contributed by atoms with van der Waals surface area (Å²) in [7, 11) is -3.65. The average Bonchev–Trinajstić information content (AvgIpc) is 3.11. The van der Waals surface area contributed by atoms with Gasteiger partial charge in [0.2, 0.25) is 0 Å². The molecular weight excluding hydrogens is 300 g/mol. The van der Waals surface area contributed by atoms with E-state index in [1.54, 1.807) is 30.5 Å². The van der Waals surface area contributed by atoms with Crippen LogP contribution in [0.2, 0.25) is 0 Å². The molecule has 2 aromatic heterocycles. The second-order valence-electron chi connectivity index (χ2n) is 4.99. The summed E-state index contributed by atoms with van der Waals surface area (Å²) < 4.78 is 27.5. The maximum atomic E-state index is 12.5. The van der Waals surface area contributed by atoms with Gasteiger partial charge in [-0.1, -0.05) is 18.2 Å². The smallest absolute Gasteiger partial charge is 0.263 e. The molecule has 0 amide bonds. The monoisotopic (exact) mass is 312 g/mol. The van der Waals surface area contributed by atoms with Gasteiger partial charge in [0.1, 0.15) is 5.82 Å². The topological polar surface area (TPSA) is 90.6 Å². The molecule has 4 rings (SSSR count). The van der Waals surface area contributed by atoms with Crippen molar-refractivity contribution in [2.45, 2.75) is 4.90 Å². The number of aromatic amines is 2. The van der Waals surface area contributed by atoms with Crippen LogP contribution in [-0.2, 0) is 10.0 Å². The van der Waals surface area contributed by atoms with E-state index in [4.69, 9.17) is 0 Å². The normalized spacial score (nSPS) is 12.0. The zero-order valence-corrected chi connectivity index (χ0v) is 12.2. The number of aromatic nitrogens is 3. The van der Waals surface area contributed by atoms with E-state index in [-0.39, 0.29) is 4.90 Å². The summed E-state index contributed by atoms with van der Waals surface area (Å²) in [5.74, 6) is 0.438. The van der Waals surface area contributed by atoms with Crippen molar-refractivity contribution in [1.29, 1.82) is 0 Å². The molecule has 0 aliphatic carbocycles. The zero-order valence-electron chi connectivity index (χ0n) is 11.4. The van der Waals surface area contributed by atoms with Crippen molar-refractivity contribution >= 4 is 37.6 Å². The first kappa shape index (κ1) is 12.9. The third-order valence-electron chi connectivity index (χ3n) is 3.50. The number of sulfonamides is 1. The van der Waals surface area contributed by atoms with Crippen molar-refractivity contribution in [3.05, 3.63) is 54.7 Å². The number of nitrogens with one attached hydrogen (secondary N) is 3. The lowest BCUT2D eigenvalue weighted by Gasteiger charge is -2.06. The number of hydrogen-bond acceptors (Lipinski definition) is 3. The van der Waals surface area contributed by atoms with Crippen LogP contribution in [0.4, 0.5) is 5.82 Å². The fourth-order valence-electron chi connectivity index (χ4n) is 2.42. The van der Waals surface area contributed by atoms with Crippen molar-refractivity contribution in [2.75, 3.05) is 4.72 Å². The van der Waals surface area contributed by atoms with Crippen LogP contribution in [0, 0.1) is 0 Å². The van der Waals surface area contributed by atoms with Crippen molar-refractivity contribution < 1.29 is 8.42 Å². The van der Waals surface area contributed by atoms with Gasteiger partial charge in [0.05, 0.1) is 16.6 Å². The number of nitrogens with zero attached hydrogens (tertiary/aromatic N) is 1. The molecular formula is C15H12N4O2S. The highest BCUT2D eigenvalue weighted by atomic mass is 32.2. The maximum Gasteiger partial charge on any atom is 0.263 e. The number of hydrogen-bond donors (Lipinski definition) is 3. The molecule has 22 heavy (non-hydrogen) atoms. The third-order valence-corrected chi connectivity index (χ3v) is 4.86. The highest BCUT2D eigenvalue weighted by molar-refractivity contribution is 7.92. The summed E-state index contributed by atoms with van der Waals surface area (Å²) in [5, 5.41) is 8.38. The minimum atomic E-state index is -3.65. The van der Waals surface area contributed by atoms with E-state index in [1.807, 2.05) is 24.3 Å². The van der Waals surface area contributed by atoms with E-state index < -0.39 is 10.0 Å². The van der Waals surface area contributed by atoms with E-state index >= 15 is 0 Å². The molecule has 2 heterocycles. The largest absolute Gasteiger partial charge is 0.341 e. The molecule has 0 aliphatic heterocycles. The van der Waals surface area contributed by atoms with Crippen LogP contribution in [0.15, 0.2) is 59.6 Å². The molecule has 0 unspecified atom stereocenters. The summed E-state index contributed by atoms with van der Waals surface area (Å²) in [6.07, 6.45) is 1.59. The van der Waals surface area contributed by atoms with Gasteiger partial charge in [0, 0.05) is 16.3 Å². The maximum absolute atomic E-state index is 12.5. The number of benzene rings is 2. The molecule has 0 bridgehead atoms. The van der Waals surface area contributed by atoms with Crippen molar-refractivity contribution in [1.82, 2.24) is 15.2 Å². The number of H-pyrrole nitrogens is 2. The quantitative estimate of drug-likeness (QED) is 0.543. The number of anilines is 1. The van der Waals surface area contributed by atoms with E-state index in [0.717, 1.165) is 21.8 Å². The lowest BCUT2D eigenvalue weighted by atomic mass is 10.3. The molecule has 4 aromatic rings. The highest BCUT2D eigenvalue weighted by Crippen LogP contribution is 2.22. The Morgan fingerprint density at radius 1 is 0.955 bits per heavy atom. The molecule has 2 aromatic carbocycles. The van der Waals surface area contributed by atoms with Gasteiger partial charge in [-0.25, -0.2) is 8.42 Å². The molecule has 0 saturated carbocycles. The van der Waals surface area contributed by atoms with Gasteiger partial charge in [0.15, 0.2) is 0 Å². The average molecular weight is 312 g/mol. The van der Waals surface area contributed by atoms with Crippen molar-refractivity contribution in [2.24, 2.45) is 0 Å². The molecule has 0 atom stereocenters. The number of rotatable bonds is 3. The summed E-state index contributed by atoms with van der Waals surface area (Å²) in [4.78, 5) is 3.24. The van der Waals surface area contributed by atoms with Gasteiger partial charge in [-0.15, -0.1) is 0 Å². The molecule has 0 radical (unpaired) electrons. The van der Waals surface area contributed by atoms with Crippen LogP contribution in [-0.4, -0.2) is 23.6 Å². The molecule has 7 heteroatoms. The van der Waals surface area contributed by atoms with Crippen LogP contribution in [0.3, 0.4) is 0 Å². The predicted octanol–water partition coefficient (Wildman–Crippen LogP) is 2.85.